The van der Waals surface area contributed by atoms with Crippen LogP contribution in [-0.2, 0) is 17.9 Å². The maximum atomic E-state index is 11.0. The van der Waals surface area contributed by atoms with Crippen molar-refractivity contribution >= 4 is 5.97 Å². The molecule has 0 aromatic carbocycles. The molecule has 1 aromatic rings. The van der Waals surface area contributed by atoms with Crippen molar-refractivity contribution in [2.45, 2.75) is 40.8 Å². The topological polar surface area (TPSA) is 75.4 Å². The van der Waals surface area contributed by atoms with Gasteiger partial charge in [-0.2, -0.15) is 5.10 Å². The SMILES string of the molecule is Cc1nn(CC(C)(C)C(=O)O)c(C)c1CO. The van der Waals surface area contributed by atoms with Crippen LogP contribution in [0.25, 0.3) is 0 Å². The quantitative estimate of drug-likeness (QED) is 0.806. The average Bonchev–Trinajstić information content (AvgIpc) is 2.41. The molecule has 2 N–H and O–H groups in total. The smallest absolute Gasteiger partial charge is 0.310 e. The molecule has 5 nitrogen and oxygen atoms in total. The van der Waals surface area contributed by atoms with E-state index < -0.39 is 11.4 Å². The van der Waals surface area contributed by atoms with Crippen LogP contribution in [0.15, 0.2) is 0 Å². The summed E-state index contributed by atoms with van der Waals surface area (Å²) in [5.41, 5.74) is 1.49. The molecule has 1 rings (SSSR count). The molecule has 0 amide bonds. The van der Waals surface area contributed by atoms with Gasteiger partial charge < -0.3 is 10.2 Å². The molecular weight excluding hydrogens is 208 g/mol. The van der Waals surface area contributed by atoms with E-state index in [4.69, 9.17) is 10.2 Å². The van der Waals surface area contributed by atoms with Gasteiger partial charge in [0.25, 0.3) is 0 Å². The van der Waals surface area contributed by atoms with Gasteiger partial charge in [0.05, 0.1) is 24.3 Å². The Bertz CT molecular complexity index is 408. The van der Waals surface area contributed by atoms with Crippen LogP contribution >= 0.6 is 0 Å². The zero-order valence-electron chi connectivity index (χ0n) is 10.1. The van der Waals surface area contributed by atoms with Gasteiger partial charge in [-0.15, -0.1) is 0 Å². The molecule has 1 heterocycles. The minimum atomic E-state index is -0.865. The summed E-state index contributed by atoms with van der Waals surface area (Å²) in [6.45, 7) is 7.20. The highest BCUT2D eigenvalue weighted by Gasteiger charge is 2.29. The number of nitrogens with zero attached hydrogens (tertiary/aromatic N) is 2. The molecule has 90 valence electrons. The molecule has 0 aliphatic carbocycles. The van der Waals surface area contributed by atoms with E-state index in [1.165, 1.54) is 0 Å². The Morgan fingerprint density at radius 3 is 2.38 bits per heavy atom. The van der Waals surface area contributed by atoms with Gasteiger partial charge in [0.1, 0.15) is 0 Å². The Morgan fingerprint density at radius 2 is 2.00 bits per heavy atom. The van der Waals surface area contributed by atoms with Crippen molar-refractivity contribution in [3.63, 3.8) is 0 Å². The lowest BCUT2D eigenvalue weighted by molar-refractivity contribution is -0.147. The zero-order valence-corrected chi connectivity index (χ0v) is 10.1. The summed E-state index contributed by atoms with van der Waals surface area (Å²) in [6.07, 6.45) is 0. The lowest BCUT2D eigenvalue weighted by Gasteiger charge is -2.19. The maximum absolute atomic E-state index is 11.0. The van der Waals surface area contributed by atoms with Gasteiger partial charge in [-0.25, -0.2) is 0 Å². The Morgan fingerprint density at radius 1 is 1.44 bits per heavy atom. The van der Waals surface area contributed by atoms with Gasteiger partial charge in [-0.05, 0) is 27.7 Å². The molecule has 0 aliphatic rings. The van der Waals surface area contributed by atoms with Gasteiger partial charge in [0.15, 0.2) is 0 Å². The second-order valence-electron chi connectivity index (χ2n) is 4.65. The van der Waals surface area contributed by atoms with Crippen molar-refractivity contribution in [1.29, 1.82) is 0 Å². The van der Waals surface area contributed by atoms with Gasteiger partial charge in [0, 0.05) is 11.3 Å². The van der Waals surface area contributed by atoms with Crippen molar-refractivity contribution in [3.8, 4) is 0 Å². The van der Waals surface area contributed by atoms with E-state index in [0.29, 0.717) is 6.54 Å². The number of hydrogen-bond acceptors (Lipinski definition) is 3. The maximum Gasteiger partial charge on any atom is 0.310 e. The normalized spacial score (nSPS) is 11.8. The minimum Gasteiger partial charge on any atom is -0.481 e. The Hall–Kier alpha value is -1.36. The predicted molar refractivity (Wildman–Crippen MR) is 59.0 cm³/mol. The summed E-state index contributed by atoms with van der Waals surface area (Å²) in [6, 6.07) is 0. The molecule has 0 bridgehead atoms. The van der Waals surface area contributed by atoms with Crippen LogP contribution < -0.4 is 0 Å². The summed E-state index contributed by atoms with van der Waals surface area (Å²) >= 11 is 0. The number of carboxylic acids is 1. The van der Waals surface area contributed by atoms with Gasteiger partial charge in [0.2, 0.25) is 0 Å². The minimum absolute atomic E-state index is 0.0643. The van der Waals surface area contributed by atoms with Crippen molar-refractivity contribution < 1.29 is 15.0 Å². The number of aryl methyl sites for hydroxylation is 1. The fourth-order valence-corrected chi connectivity index (χ4v) is 1.56. The summed E-state index contributed by atoms with van der Waals surface area (Å²) in [5, 5.41) is 22.4. The number of aromatic nitrogens is 2. The van der Waals surface area contributed by atoms with Gasteiger partial charge in [-0.1, -0.05) is 0 Å². The molecule has 0 unspecified atom stereocenters. The number of aliphatic carboxylic acids is 1. The van der Waals surface area contributed by atoms with Crippen LogP contribution in [0.3, 0.4) is 0 Å². The molecule has 0 atom stereocenters. The highest BCUT2D eigenvalue weighted by Crippen LogP contribution is 2.21. The first kappa shape index (κ1) is 12.7. The van der Waals surface area contributed by atoms with Crippen LogP contribution in [0.5, 0.6) is 0 Å². The van der Waals surface area contributed by atoms with E-state index in [1.54, 1.807) is 18.5 Å². The second kappa shape index (κ2) is 4.25. The number of hydrogen-bond donors (Lipinski definition) is 2. The molecule has 0 fully saturated rings. The number of aliphatic hydroxyl groups excluding tert-OH is 1. The molecule has 0 aliphatic heterocycles. The fourth-order valence-electron chi connectivity index (χ4n) is 1.56. The van der Waals surface area contributed by atoms with E-state index in [0.717, 1.165) is 17.0 Å². The van der Waals surface area contributed by atoms with Crippen molar-refractivity contribution in [3.05, 3.63) is 17.0 Å². The largest absolute Gasteiger partial charge is 0.481 e. The summed E-state index contributed by atoms with van der Waals surface area (Å²) < 4.78 is 1.65. The third-order valence-corrected chi connectivity index (χ3v) is 2.81. The summed E-state index contributed by atoms with van der Waals surface area (Å²) in [7, 11) is 0. The highest BCUT2D eigenvalue weighted by atomic mass is 16.4. The van der Waals surface area contributed by atoms with E-state index >= 15 is 0 Å². The number of carboxylic acid groups (broad SMARTS) is 1. The Balaban J connectivity index is 3.03. The van der Waals surface area contributed by atoms with Gasteiger partial charge >= 0.3 is 5.97 Å². The number of rotatable bonds is 4. The molecule has 0 radical (unpaired) electrons. The summed E-state index contributed by atoms with van der Waals surface area (Å²) in [5.74, 6) is -0.856. The first-order valence-corrected chi connectivity index (χ1v) is 5.16. The first-order valence-electron chi connectivity index (χ1n) is 5.16. The number of carbonyl (C=O) groups is 1. The molecule has 5 heteroatoms. The van der Waals surface area contributed by atoms with Crippen LogP contribution in [0.2, 0.25) is 0 Å². The van der Waals surface area contributed by atoms with Crippen molar-refractivity contribution in [2.75, 3.05) is 0 Å². The molecular formula is C11H18N2O3. The molecule has 0 saturated carbocycles. The third kappa shape index (κ3) is 2.24. The van der Waals surface area contributed by atoms with Crippen LogP contribution in [0.4, 0.5) is 0 Å². The van der Waals surface area contributed by atoms with Crippen LogP contribution in [0, 0.1) is 19.3 Å². The summed E-state index contributed by atoms with van der Waals surface area (Å²) in [4.78, 5) is 11.0. The molecule has 0 spiro atoms. The fraction of sp³-hybridized carbons (Fsp3) is 0.636. The predicted octanol–water partition coefficient (Wildman–Crippen LogP) is 1.10. The lowest BCUT2D eigenvalue weighted by atomic mass is 9.94. The van der Waals surface area contributed by atoms with E-state index in [2.05, 4.69) is 5.10 Å². The van der Waals surface area contributed by atoms with E-state index in [9.17, 15) is 4.79 Å². The van der Waals surface area contributed by atoms with E-state index in [1.807, 2.05) is 13.8 Å². The molecule has 16 heavy (non-hydrogen) atoms. The standard InChI is InChI=1S/C11H18N2O3/c1-7-9(5-14)8(2)13(12-7)6-11(3,4)10(15)16/h14H,5-6H2,1-4H3,(H,15,16). The monoisotopic (exact) mass is 226 g/mol. The Kier molecular flexibility index (Phi) is 3.38. The van der Waals surface area contributed by atoms with Crippen LogP contribution in [-0.4, -0.2) is 26.0 Å². The first-order chi connectivity index (χ1) is 7.29. The molecule has 1 aromatic heterocycles. The van der Waals surface area contributed by atoms with Crippen molar-refractivity contribution in [1.82, 2.24) is 9.78 Å². The third-order valence-electron chi connectivity index (χ3n) is 2.81. The highest BCUT2D eigenvalue weighted by molar-refractivity contribution is 5.73. The second-order valence-corrected chi connectivity index (χ2v) is 4.65. The van der Waals surface area contributed by atoms with Crippen LogP contribution in [0.1, 0.15) is 30.8 Å². The van der Waals surface area contributed by atoms with E-state index in [-0.39, 0.29) is 6.61 Å². The molecule has 0 saturated heterocycles. The van der Waals surface area contributed by atoms with Gasteiger partial charge in [-0.3, -0.25) is 9.48 Å². The number of aliphatic hydroxyl groups is 1. The lowest BCUT2D eigenvalue weighted by Crippen LogP contribution is -2.30. The van der Waals surface area contributed by atoms with Crippen molar-refractivity contribution in [2.24, 2.45) is 5.41 Å². The average molecular weight is 226 g/mol. The zero-order chi connectivity index (χ0) is 12.5. The Labute approximate surface area is 94.7 Å².